The van der Waals surface area contributed by atoms with Crippen molar-refractivity contribution in [2.75, 3.05) is 0 Å². The van der Waals surface area contributed by atoms with Crippen molar-refractivity contribution in [3.63, 3.8) is 0 Å². The highest BCUT2D eigenvalue weighted by molar-refractivity contribution is 6.31. The molecule has 1 aliphatic carbocycles. The van der Waals surface area contributed by atoms with E-state index in [1.165, 1.54) is 17.2 Å². The SMILES string of the molecule is NC1(Cc2cccc(F)c2Cl)Cc2ccccc2C1. The Kier molecular flexibility index (Phi) is 3.08. The van der Waals surface area contributed by atoms with Gasteiger partial charge in [-0.25, -0.2) is 4.39 Å². The highest BCUT2D eigenvalue weighted by atomic mass is 35.5. The molecule has 0 saturated heterocycles. The van der Waals surface area contributed by atoms with Crippen LogP contribution in [0.3, 0.4) is 0 Å². The number of nitrogens with two attached hydrogens (primary N) is 1. The monoisotopic (exact) mass is 275 g/mol. The minimum absolute atomic E-state index is 0.197. The Hall–Kier alpha value is -1.38. The number of rotatable bonds is 2. The Morgan fingerprint density at radius 2 is 1.68 bits per heavy atom. The van der Waals surface area contributed by atoms with E-state index in [-0.39, 0.29) is 16.4 Å². The molecule has 3 rings (SSSR count). The van der Waals surface area contributed by atoms with E-state index in [9.17, 15) is 4.39 Å². The number of halogens is 2. The molecular weight excluding hydrogens is 261 g/mol. The molecule has 2 aromatic carbocycles. The molecule has 1 nitrogen and oxygen atoms in total. The smallest absolute Gasteiger partial charge is 0.142 e. The maximum atomic E-state index is 13.5. The number of fused-ring (bicyclic) bond motifs is 1. The van der Waals surface area contributed by atoms with Gasteiger partial charge in [-0.2, -0.15) is 0 Å². The Balaban J connectivity index is 1.87. The zero-order valence-corrected chi connectivity index (χ0v) is 11.3. The average Bonchev–Trinajstić information content (AvgIpc) is 2.71. The maximum absolute atomic E-state index is 13.5. The first-order valence-electron chi connectivity index (χ1n) is 6.36. The van der Waals surface area contributed by atoms with Crippen molar-refractivity contribution < 1.29 is 4.39 Å². The van der Waals surface area contributed by atoms with Crippen molar-refractivity contribution >= 4 is 11.6 Å². The summed E-state index contributed by atoms with van der Waals surface area (Å²) in [5.74, 6) is -0.377. The molecule has 0 saturated carbocycles. The van der Waals surface area contributed by atoms with E-state index in [4.69, 9.17) is 17.3 Å². The van der Waals surface area contributed by atoms with Gasteiger partial charge >= 0.3 is 0 Å². The fourth-order valence-corrected chi connectivity index (χ4v) is 3.11. The first-order chi connectivity index (χ1) is 9.07. The molecule has 0 bridgehead atoms. The molecule has 0 unspecified atom stereocenters. The van der Waals surface area contributed by atoms with Crippen molar-refractivity contribution in [3.05, 3.63) is 70.0 Å². The molecule has 0 amide bonds. The largest absolute Gasteiger partial charge is 0.324 e. The van der Waals surface area contributed by atoms with Gasteiger partial charge in [-0.15, -0.1) is 0 Å². The molecule has 0 atom stereocenters. The third-order valence-electron chi connectivity index (χ3n) is 3.78. The predicted molar refractivity (Wildman–Crippen MR) is 75.9 cm³/mol. The van der Waals surface area contributed by atoms with Gasteiger partial charge in [0.05, 0.1) is 5.02 Å². The summed E-state index contributed by atoms with van der Waals surface area (Å²) in [4.78, 5) is 0. The molecule has 1 aliphatic rings. The third kappa shape index (κ3) is 2.38. The van der Waals surface area contributed by atoms with Crippen LogP contribution in [0.1, 0.15) is 16.7 Å². The summed E-state index contributed by atoms with van der Waals surface area (Å²) in [6.07, 6.45) is 2.23. The normalized spacial score (nSPS) is 16.4. The molecule has 0 fully saturated rings. The second-order valence-electron chi connectivity index (χ2n) is 5.37. The lowest BCUT2D eigenvalue weighted by molar-refractivity contribution is 0.445. The van der Waals surface area contributed by atoms with E-state index in [1.54, 1.807) is 6.07 Å². The average molecular weight is 276 g/mol. The van der Waals surface area contributed by atoms with Gasteiger partial charge in [0.15, 0.2) is 0 Å². The molecule has 2 aromatic rings. The topological polar surface area (TPSA) is 26.0 Å². The summed E-state index contributed by atoms with van der Waals surface area (Å²) in [6.45, 7) is 0. The molecule has 0 aromatic heterocycles. The third-order valence-corrected chi connectivity index (χ3v) is 4.20. The van der Waals surface area contributed by atoms with Crippen LogP contribution in [0.15, 0.2) is 42.5 Å². The van der Waals surface area contributed by atoms with Crippen LogP contribution in [-0.4, -0.2) is 5.54 Å². The van der Waals surface area contributed by atoms with E-state index in [1.807, 2.05) is 18.2 Å². The van der Waals surface area contributed by atoms with E-state index in [2.05, 4.69) is 12.1 Å². The predicted octanol–water partition coefficient (Wildman–Crippen LogP) is 3.52. The summed E-state index contributed by atoms with van der Waals surface area (Å²) in [5, 5.41) is 0.197. The molecule has 0 heterocycles. The molecule has 2 N–H and O–H groups in total. The second-order valence-corrected chi connectivity index (χ2v) is 5.75. The Labute approximate surface area is 117 Å². The molecule has 0 aliphatic heterocycles. The lowest BCUT2D eigenvalue weighted by atomic mass is 9.89. The van der Waals surface area contributed by atoms with Crippen molar-refractivity contribution in [1.29, 1.82) is 0 Å². The van der Waals surface area contributed by atoms with Gasteiger partial charge in [0.2, 0.25) is 0 Å². The van der Waals surface area contributed by atoms with Crippen LogP contribution in [0.25, 0.3) is 0 Å². The van der Waals surface area contributed by atoms with Gasteiger partial charge in [-0.1, -0.05) is 48.0 Å². The van der Waals surface area contributed by atoms with Crippen LogP contribution in [0.2, 0.25) is 5.02 Å². The molecule has 98 valence electrons. The van der Waals surface area contributed by atoms with Crippen molar-refractivity contribution in [1.82, 2.24) is 0 Å². The molecule has 3 heteroatoms. The van der Waals surface area contributed by atoms with Gasteiger partial charge < -0.3 is 5.73 Å². The van der Waals surface area contributed by atoms with E-state index >= 15 is 0 Å². The van der Waals surface area contributed by atoms with E-state index in [0.717, 1.165) is 18.4 Å². The van der Waals surface area contributed by atoms with Crippen LogP contribution in [0, 0.1) is 5.82 Å². The highest BCUT2D eigenvalue weighted by Crippen LogP contribution is 2.32. The van der Waals surface area contributed by atoms with Crippen LogP contribution >= 0.6 is 11.6 Å². The molecular formula is C16H15ClFN. The van der Waals surface area contributed by atoms with Crippen LogP contribution < -0.4 is 5.73 Å². The zero-order chi connectivity index (χ0) is 13.5. The fourth-order valence-electron chi connectivity index (χ4n) is 2.91. The van der Waals surface area contributed by atoms with Crippen molar-refractivity contribution in [2.24, 2.45) is 5.73 Å². The Morgan fingerprint density at radius 1 is 1.05 bits per heavy atom. The minimum Gasteiger partial charge on any atom is -0.324 e. The van der Waals surface area contributed by atoms with Gasteiger partial charge in [0, 0.05) is 5.54 Å². The van der Waals surface area contributed by atoms with Crippen LogP contribution in [0.4, 0.5) is 4.39 Å². The summed E-state index contributed by atoms with van der Waals surface area (Å²) in [7, 11) is 0. The van der Waals surface area contributed by atoms with Crippen molar-refractivity contribution in [2.45, 2.75) is 24.8 Å². The van der Waals surface area contributed by atoms with E-state index in [0.29, 0.717) is 6.42 Å². The van der Waals surface area contributed by atoms with Crippen LogP contribution in [0.5, 0.6) is 0 Å². The first-order valence-corrected chi connectivity index (χ1v) is 6.74. The second kappa shape index (κ2) is 4.62. The number of hydrogen-bond donors (Lipinski definition) is 1. The zero-order valence-electron chi connectivity index (χ0n) is 10.5. The number of hydrogen-bond acceptors (Lipinski definition) is 1. The van der Waals surface area contributed by atoms with Crippen molar-refractivity contribution in [3.8, 4) is 0 Å². The van der Waals surface area contributed by atoms with Gasteiger partial charge in [0.1, 0.15) is 5.82 Å². The Morgan fingerprint density at radius 3 is 2.32 bits per heavy atom. The standard InChI is InChI=1S/C16H15ClFN/c17-15-13(6-3-7-14(15)18)10-16(19)8-11-4-1-2-5-12(11)9-16/h1-7H,8-10,19H2. The molecule has 0 radical (unpaired) electrons. The van der Waals surface area contributed by atoms with Gasteiger partial charge in [-0.05, 0) is 42.0 Å². The highest BCUT2D eigenvalue weighted by Gasteiger charge is 2.34. The number of benzene rings is 2. The summed E-state index contributed by atoms with van der Waals surface area (Å²) < 4.78 is 13.5. The summed E-state index contributed by atoms with van der Waals surface area (Å²) in [6, 6.07) is 13.2. The quantitative estimate of drug-likeness (QED) is 0.892. The maximum Gasteiger partial charge on any atom is 0.142 e. The molecule has 0 spiro atoms. The lowest BCUT2D eigenvalue weighted by Crippen LogP contribution is -2.43. The summed E-state index contributed by atoms with van der Waals surface area (Å²) in [5.41, 5.74) is 9.49. The summed E-state index contributed by atoms with van der Waals surface area (Å²) >= 11 is 6.01. The fraction of sp³-hybridized carbons (Fsp3) is 0.250. The lowest BCUT2D eigenvalue weighted by Gasteiger charge is -2.24. The minimum atomic E-state index is -0.377. The first kappa shape index (κ1) is 12.6. The van der Waals surface area contributed by atoms with Gasteiger partial charge in [0.25, 0.3) is 0 Å². The van der Waals surface area contributed by atoms with Gasteiger partial charge in [-0.3, -0.25) is 0 Å². The Bertz CT molecular complexity index is 599. The molecule has 19 heavy (non-hydrogen) atoms. The van der Waals surface area contributed by atoms with E-state index < -0.39 is 0 Å². The van der Waals surface area contributed by atoms with Crippen LogP contribution in [-0.2, 0) is 19.3 Å².